The van der Waals surface area contributed by atoms with Gasteiger partial charge in [0.1, 0.15) is 4.99 Å². The van der Waals surface area contributed by atoms with E-state index in [4.69, 9.17) is 29.6 Å². The maximum atomic E-state index is 6.01. The summed E-state index contributed by atoms with van der Waals surface area (Å²) < 4.78 is 0. The molecule has 17 heavy (non-hydrogen) atoms. The van der Waals surface area contributed by atoms with Gasteiger partial charge < -0.3 is 11.1 Å². The van der Waals surface area contributed by atoms with Crippen molar-refractivity contribution < 1.29 is 0 Å². The van der Waals surface area contributed by atoms with Crippen molar-refractivity contribution in [3.63, 3.8) is 0 Å². The summed E-state index contributed by atoms with van der Waals surface area (Å²) in [6, 6.07) is 6.02. The molecule has 0 aromatic heterocycles. The van der Waals surface area contributed by atoms with E-state index in [0.717, 1.165) is 17.2 Å². The first-order valence-corrected chi connectivity index (χ1v) is 6.72. The third-order valence-electron chi connectivity index (χ3n) is 3.49. The van der Waals surface area contributed by atoms with Crippen LogP contribution in [0.5, 0.6) is 0 Å². The molecular weight excluding hydrogens is 252 g/mol. The number of benzene rings is 1. The van der Waals surface area contributed by atoms with Crippen molar-refractivity contribution in [3.8, 4) is 0 Å². The Morgan fingerprint density at radius 1 is 1.53 bits per heavy atom. The predicted octanol–water partition coefficient (Wildman–Crippen LogP) is 3.57. The van der Waals surface area contributed by atoms with Gasteiger partial charge in [-0.3, -0.25) is 0 Å². The second-order valence-corrected chi connectivity index (χ2v) is 5.55. The second kappa shape index (κ2) is 5.23. The van der Waals surface area contributed by atoms with E-state index in [-0.39, 0.29) is 0 Å². The van der Waals surface area contributed by atoms with E-state index in [1.165, 1.54) is 19.3 Å². The van der Waals surface area contributed by atoms with Crippen molar-refractivity contribution in [3.05, 3.63) is 28.8 Å². The molecule has 1 unspecified atom stereocenters. The van der Waals surface area contributed by atoms with E-state index in [0.29, 0.717) is 16.1 Å². The van der Waals surface area contributed by atoms with Gasteiger partial charge in [0.05, 0.1) is 0 Å². The normalized spacial score (nSPS) is 17.3. The zero-order valence-electron chi connectivity index (χ0n) is 9.87. The summed E-state index contributed by atoms with van der Waals surface area (Å²) in [5, 5.41) is 4.18. The van der Waals surface area contributed by atoms with Gasteiger partial charge in [-0.1, -0.05) is 30.2 Å². The molecular formula is C13H17ClN2S. The summed E-state index contributed by atoms with van der Waals surface area (Å²) in [5.41, 5.74) is 7.53. The smallest absolute Gasteiger partial charge is 0.106 e. The Labute approximate surface area is 113 Å². The van der Waals surface area contributed by atoms with Crippen molar-refractivity contribution >= 4 is 34.5 Å². The van der Waals surface area contributed by atoms with Gasteiger partial charge in [0.2, 0.25) is 0 Å². The lowest BCUT2D eigenvalue weighted by molar-refractivity contribution is 0.285. The Bertz CT molecular complexity index is 429. The van der Waals surface area contributed by atoms with Crippen LogP contribution in [0.2, 0.25) is 5.02 Å². The summed E-state index contributed by atoms with van der Waals surface area (Å²) in [5.74, 6) is 0.758. The van der Waals surface area contributed by atoms with E-state index < -0.39 is 0 Å². The average Bonchev–Trinajstić information content (AvgIpc) is 2.13. The highest BCUT2D eigenvalue weighted by atomic mass is 35.5. The van der Waals surface area contributed by atoms with Crippen LogP contribution in [0.1, 0.15) is 31.7 Å². The Morgan fingerprint density at radius 2 is 2.24 bits per heavy atom. The van der Waals surface area contributed by atoms with Gasteiger partial charge in [-0.25, -0.2) is 0 Å². The van der Waals surface area contributed by atoms with Crippen LogP contribution in [-0.2, 0) is 0 Å². The van der Waals surface area contributed by atoms with E-state index in [1.807, 2.05) is 18.2 Å². The lowest BCUT2D eigenvalue weighted by atomic mass is 9.80. The summed E-state index contributed by atoms with van der Waals surface area (Å²) in [6.45, 7) is 2.20. The second-order valence-electron chi connectivity index (χ2n) is 4.68. The van der Waals surface area contributed by atoms with Crippen molar-refractivity contribution in [2.45, 2.75) is 32.2 Å². The highest BCUT2D eigenvalue weighted by Gasteiger charge is 2.24. The van der Waals surface area contributed by atoms with Gasteiger partial charge in [-0.2, -0.15) is 0 Å². The molecule has 0 radical (unpaired) electrons. The molecule has 0 amide bonds. The van der Waals surface area contributed by atoms with Crippen LogP contribution in [0.4, 0.5) is 5.69 Å². The fourth-order valence-corrected chi connectivity index (χ4v) is 2.50. The van der Waals surface area contributed by atoms with Crippen LogP contribution in [0.25, 0.3) is 0 Å². The Hall–Kier alpha value is -0.800. The summed E-state index contributed by atoms with van der Waals surface area (Å²) in [7, 11) is 0. The fourth-order valence-electron chi connectivity index (χ4n) is 2.15. The molecule has 1 aliphatic rings. The molecule has 0 saturated heterocycles. The number of hydrogen-bond donors (Lipinski definition) is 2. The number of nitrogens with one attached hydrogen (secondary N) is 1. The molecule has 1 atom stereocenters. The molecule has 0 spiro atoms. The van der Waals surface area contributed by atoms with E-state index in [9.17, 15) is 0 Å². The van der Waals surface area contributed by atoms with E-state index >= 15 is 0 Å². The first-order chi connectivity index (χ1) is 8.08. The van der Waals surface area contributed by atoms with Crippen molar-refractivity contribution in [1.82, 2.24) is 0 Å². The molecule has 1 fully saturated rings. The number of hydrogen-bond acceptors (Lipinski definition) is 2. The molecule has 1 aromatic carbocycles. The van der Waals surface area contributed by atoms with Gasteiger partial charge in [-0.05, 0) is 43.9 Å². The molecule has 0 bridgehead atoms. The van der Waals surface area contributed by atoms with Gasteiger partial charge in [0.15, 0.2) is 0 Å². The summed E-state index contributed by atoms with van der Waals surface area (Å²) >= 11 is 11.1. The van der Waals surface area contributed by atoms with Crippen molar-refractivity contribution in [1.29, 1.82) is 0 Å². The van der Waals surface area contributed by atoms with E-state index in [1.54, 1.807) is 0 Å². The number of halogens is 1. The lowest BCUT2D eigenvalue weighted by Crippen LogP contribution is -2.31. The highest BCUT2D eigenvalue weighted by Crippen LogP contribution is 2.32. The van der Waals surface area contributed by atoms with Gasteiger partial charge in [0.25, 0.3) is 0 Å². The van der Waals surface area contributed by atoms with Crippen LogP contribution in [-0.4, -0.2) is 11.0 Å². The fraction of sp³-hybridized carbons (Fsp3) is 0.462. The van der Waals surface area contributed by atoms with Gasteiger partial charge in [0, 0.05) is 22.3 Å². The first kappa shape index (κ1) is 12.7. The van der Waals surface area contributed by atoms with Crippen LogP contribution in [0.3, 0.4) is 0 Å². The monoisotopic (exact) mass is 268 g/mol. The molecule has 0 heterocycles. The number of rotatable bonds is 4. The SMILES string of the molecule is CC(Nc1cc(Cl)ccc1C(N)=S)C1CCC1. The van der Waals surface area contributed by atoms with Crippen molar-refractivity contribution in [2.24, 2.45) is 11.7 Å². The maximum absolute atomic E-state index is 6.01. The molecule has 1 aliphatic carbocycles. The zero-order valence-corrected chi connectivity index (χ0v) is 11.4. The molecule has 4 heteroatoms. The molecule has 2 nitrogen and oxygen atoms in total. The maximum Gasteiger partial charge on any atom is 0.106 e. The number of thiocarbonyl (C=S) groups is 1. The Kier molecular flexibility index (Phi) is 3.89. The van der Waals surface area contributed by atoms with Crippen LogP contribution < -0.4 is 11.1 Å². The molecule has 0 aliphatic heterocycles. The Morgan fingerprint density at radius 3 is 2.76 bits per heavy atom. The molecule has 1 saturated carbocycles. The number of nitrogens with two attached hydrogens (primary N) is 1. The quantitative estimate of drug-likeness (QED) is 0.820. The molecule has 1 aromatic rings. The lowest BCUT2D eigenvalue weighted by Gasteiger charge is -2.33. The summed E-state index contributed by atoms with van der Waals surface area (Å²) in [4.78, 5) is 0.407. The molecule has 92 valence electrons. The van der Waals surface area contributed by atoms with Crippen LogP contribution >= 0.6 is 23.8 Å². The van der Waals surface area contributed by atoms with Crippen LogP contribution in [0.15, 0.2) is 18.2 Å². The molecule has 2 rings (SSSR count). The topological polar surface area (TPSA) is 38.0 Å². The number of anilines is 1. The standard InChI is InChI=1S/C13H17ClN2S/c1-8(9-3-2-4-9)16-12-7-10(14)5-6-11(12)13(15)17/h5-9,16H,2-4H2,1H3,(H2,15,17). The average molecular weight is 269 g/mol. The highest BCUT2D eigenvalue weighted by molar-refractivity contribution is 7.80. The van der Waals surface area contributed by atoms with Crippen LogP contribution in [0, 0.1) is 5.92 Å². The minimum Gasteiger partial charge on any atom is -0.389 e. The molecule has 3 N–H and O–H groups in total. The van der Waals surface area contributed by atoms with Crippen molar-refractivity contribution in [2.75, 3.05) is 5.32 Å². The predicted molar refractivity (Wildman–Crippen MR) is 77.8 cm³/mol. The third-order valence-corrected chi connectivity index (χ3v) is 3.94. The zero-order chi connectivity index (χ0) is 12.4. The van der Waals surface area contributed by atoms with Gasteiger partial charge in [-0.15, -0.1) is 0 Å². The van der Waals surface area contributed by atoms with Gasteiger partial charge >= 0.3 is 0 Å². The first-order valence-electron chi connectivity index (χ1n) is 5.94. The minimum atomic E-state index is 0.407. The third kappa shape index (κ3) is 2.90. The Balaban J connectivity index is 2.17. The summed E-state index contributed by atoms with van der Waals surface area (Å²) in [6.07, 6.45) is 3.95. The largest absolute Gasteiger partial charge is 0.389 e. The van der Waals surface area contributed by atoms with E-state index in [2.05, 4.69) is 12.2 Å². The minimum absolute atomic E-state index is 0.407.